The predicted molar refractivity (Wildman–Crippen MR) is 55.7 cm³/mol. The molecule has 2 atom stereocenters. The number of hydrogen-bond donors (Lipinski definition) is 2. The van der Waals surface area contributed by atoms with Crippen molar-refractivity contribution in [3.05, 3.63) is 0 Å². The summed E-state index contributed by atoms with van der Waals surface area (Å²) in [5, 5.41) is 18.8. The number of rotatable bonds is 5. The number of aliphatic hydroxyl groups is 1. The first-order valence-corrected chi connectivity index (χ1v) is 5.61. The van der Waals surface area contributed by atoms with E-state index in [0.717, 1.165) is 12.8 Å². The van der Waals surface area contributed by atoms with Gasteiger partial charge in [-0.3, -0.25) is 4.79 Å². The molecule has 1 aliphatic rings. The van der Waals surface area contributed by atoms with Gasteiger partial charge in [-0.2, -0.15) is 0 Å². The average Bonchev–Trinajstić information content (AvgIpc) is 2.16. The Morgan fingerprint density at radius 1 is 1.60 bits per heavy atom. The quantitative estimate of drug-likeness (QED) is 0.732. The summed E-state index contributed by atoms with van der Waals surface area (Å²) in [6, 6.07) is 0. The van der Waals surface area contributed by atoms with Gasteiger partial charge in [-0.25, -0.2) is 0 Å². The maximum absolute atomic E-state index is 10.4. The summed E-state index contributed by atoms with van der Waals surface area (Å²) in [5.74, 6) is -0.845. The summed E-state index contributed by atoms with van der Waals surface area (Å²) in [4.78, 5) is 10.4. The van der Waals surface area contributed by atoms with Gasteiger partial charge in [0.2, 0.25) is 0 Å². The molecule has 1 aliphatic heterocycles. The van der Waals surface area contributed by atoms with E-state index >= 15 is 0 Å². The molecule has 0 bridgehead atoms. The van der Waals surface area contributed by atoms with Crippen molar-refractivity contribution in [2.45, 2.75) is 57.2 Å². The number of hydrogen-bond acceptors (Lipinski definition) is 3. The molecule has 4 nitrogen and oxygen atoms in total. The van der Waals surface area contributed by atoms with Gasteiger partial charge in [-0.05, 0) is 19.3 Å². The highest BCUT2D eigenvalue weighted by Gasteiger charge is 2.34. The van der Waals surface area contributed by atoms with E-state index in [4.69, 9.17) is 9.84 Å². The molecule has 1 heterocycles. The second-order valence-corrected chi connectivity index (χ2v) is 4.35. The Labute approximate surface area is 90.2 Å². The molecule has 0 amide bonds. The van der Waals surface area contributed by atoms with Gasteiger partial charge in [0.1, 0.15) is 0 Å². The van der Waals surface area contributed by atoms with Crippen LogP contribution in [0.25, 0.3) is 0 Å². The Hall–Kier alpha value is -0.610. The Morgan fingerprint density at radius 3 is 2.93 bits per heavy atom. The maximum Gasteiger partial charge on any atom is 0.303 e. The van der Waals surface area contributed by atoms with Gasteiger partial charge in [0.25, 0.3) is 0 Å². The van der Waals surface area contributed by atoms with Crippen molar-refractivity contribution in [3.8, 4) is 0 Å². The summed E-state index contributed by atoms with van der Waals surface area (Å²) in [7, 11) is 0. The lowest BCUT2D eigenvalue weighted by molar-refractivity contribution is -0.142. The third kappa shape index (κ3) is 4.18. The first-order chi connectivity index (χ1) is 7.06. The van der Waals surface area contributed by atoms with Crippen molar-refractivity contribution >= 4 is 5.97 Å². The molecule has 0 aromatic rings. The number of carboxylic acid groups (broad SMARTS) is 1. The van der Waals surface area contributed by atoms with E-state index in [9.17, 15) is 9.90 Å². The zero-order valence-corrected chi connectivity index (χ0v) is 9.24. The van der Waals surface area contributed by atoms with E-state index in [2.05, 4.69) is 6.92 Å². The first-order valence-electron chi connectivity index (χ1n) is 5.61. The maximum atomic E-state index is 10.4. The second kappa shape index (κ2) is 5.47. The van der Waals surface area contributed by atoms with E-state index < -0.39 is 11.6 Å². The number of aliphatic carboxylic acids is 1. The van der Waals surface area contributed by atoms with Crippen LogP contribution in [-0.4, -0.2) is 34.5 Å². The predicted octanol–water partition coefficient (Wildman–Crippen LogP) is 1.56. The standard InChI is InChI=1S/C11H20O4/c1-2-3-9-8-11(14,6-7-15-9)5-4-10(12)13/h9,14H,2-8H2,1H3,(H,12,13). The van der Waals surface area contributed by atoms with Gasteiger partial charge < -0.3 is 14.9 Å². The SMILES string of the molecule is CCCC1CC(O)(CCC(=O)O)CCO1. The minimum atomic E-state index is -0.845. The minimum absolute atomic E-state index is 0.0370. The van der Waals surface area contributed by atoms with E-state index in [1.165, 1.54) is 0 Å². The summed E-state index contributed by atoms with van der Waals surface area (Å²) >= 11 is 0. The van der Waals surface area contributed by atoms with Gasteiger partial charge in [-0.1, -0.05) is 13.3 Å². The van der Waals surface area contributed by atoms with Crippen LogP contribution in [0, 0.1) is 0 Å². The average molecular weight is 216 g/mol. The molecule has 4 heteroatoms. The first kappa shape index (κ1) is 12.5. The molecule has 1 rings (SSSR count). The minimum Gasteiger partial charge on any atom is -0.481 e. The highest BCUT2D eigenvalue weighted by Crippen LogP contribution is 2.30. The fourth-order valence-electron chi connectivity index (χ4n) is 2.07. The number of carboxylic acids is 1. The van der Waals surface area contributed by atoms with Crippen LogP contribution in [-0.2, 0) is 9.53 Å². The zero-order valence-electron chi connectivity index (χ0n) is 9.24. The topological polar surface area (TPSA) is 66.8 Å². The van der Waals surface area contributed by atoms with Crippen LogP contribution in [0.5, 0.6) is 0 Å². The molecule has 1 fully saturated rings. The Morgan fingerprint density at radius 2 is 2.33 bits per heavy atom. The summed E-state index contributed by atoms with van der Waals surface area (Å²) in [6.45, 7) is 2.62. The number of carbonyl (C=O) groups is 1. The second-order valence-electron chi connectivity index (χ2n) is 4.35. The largest absolute Gasteiger partial charge is 0.481 e. The van der Waals surface area contributed by atoms with Crippen molar-refractivity contribution in [2.75, 3.05) is 6.61 Å². The van der Waals surface area contributed by atoms with Crippen LogP contribution in [0.3, 0.4) is 0 Å². The lowest BCUT2D eigenvalue weighted by Gasteiger charge is -2.36. The monoisotopic (exact) mass is 216 g/mol. The molecule has 0 radical (unpaired) electrons. The van der Waals surface area contributed by atoms with Gasteiger partial charge in [0, 0.05) is 19.4 Å². The molecule has 88 valence electrons. The zero-order chi connectivity index (χ0) is 11.3. The number of ether oxygens (including phenoxy) is 1. The van der Waals surface area contributed by atoms with Gasteiger partial charge in [-0.15, -0.1) is 0 Å². The smallest absolute Gasteiger partial charge is 0.303 e. The summed E-state index contributed by atoms with van der Waals surface area (Å²) < 4.78 is 5.51. The van der Waals surface area contributed by atoms with E-state index in [1.54, 1.807) is 0 Å². The highest BCUT2D eigenvalue weighted by molar-refractivity contribution is 5.66. The molecule has 0 aromatic carbocycles. The van der Waals surface area contributed by atoms with E-state index in [1.807, 2.05) is 0 Å². The lowest BCUT2D eigenvalue weighted by Crippen LogP contribution is -2.41. The van der Waals surface area contributed by atoms with Crippen LogP contribution in [0.2, 0.25) is 0 Å². The molecule has 0 spiro atoms. The molecule has 0 saturated carbocycles. The Balaban J connectivity index is 2.41. The molecular weight excluding hydrogens is 196 g/mol. The fraction of sp³-hybridized carbons (Fsp3) is 0.909. The summed E-state index contributed by atoms with van der Waals surface area (Å²) in [5.41, 5.74) is -0.823. The molecule has 1 saturated heterocycles. The van der Waals surface area contributed by atoms with Crippen molar-refractivity contribution < 1.29 is 19.7 Å². The van der Waals surface area contributed by atoms with Crippen molar-refractivity contribution in [1.29, 1.82) is 0 Å². The van der Waals surface area contributed by atoms with Gasteiger partial charge in [0.05, 0.1) is 11.7 Å². The van der Waals surface area contributed by atoms with Gasteiger partial charge >= 0.3 is 5.97 Å². The highest BCUT2D eigenvalue weighted by atomic mass is 16.5. The molecule has 0 aliphatic carbocycles. The van der Waals surface area contributed by atoms with E-state index in [0.29, 0.717) is 25.9 Å². The molecule has 2 unspecified atom stereocenters. The van der Waals surface area contributed by atoms with E-state index in [-0.39, 0.29) is 12.5 Å². The van der Waals surface area contributed by atoms with Crippen LogP contribution in [0.4, 0.5) is 0 Å². The van der Waals surface area contributed by atoms with Crippen molar-refractivity contribution in [2.24, 2.45) is 0 Å². The molecular formula is C11H20O4. The van der Waals surface area contributed by atoms with Crippen molar-refractivity contribution in [3.63, 3.8) is 0 Å². The third-order valence-corrected chi connectivity index (χ3v) is 2.94. The van der Waals surface area contributed by atoms with Crippen LogP contribution >= 0.6 is 0 Å². The van der Waals surface area contributed by atoms with Crippen LogP contribution in [0.15, 0.2) is 0 Å². The molecule has 0 aromatic heterocycles. The normalized spacial score (nSPS) is 31.5. The van der Waals surface area contributed by atoms with Crippen molar-refractivity contribution in [1.82, 2.24) is 0 Å². The molecule has 15 heavy (non-hydrogen) atoms. The van der Waals surface area contributed by atoms with Gasteiger partial charge in [0.15, 0.2) is 0 Å². The van der Waals surface area contributed by atoms with Crippen LogP contribution in [0.1, 0.15) is 45.4 Å². The Kier molecular flexibility index (Phi) is 4.54. The molecule has 2 N–H and O–H groups in total. The van der Waals surface area contributed by atoms with Crippen LogP contribution < -0.4 is 0 Å². The Bertz CT molecular complexity index is 215. The third-order valence-electron chi connectivity index (χ3n) is 2.94. The fourth-order valence-corrected chi connectivity index (χ4v) is 2.07. The summed E-state index contributed by atoms with van der Waals surface area (Å²) in [6.07, 6.45) is 3.58. The lowest BCUT2D eigenvalue weighted by atomic mass is 9.85.